The van der Waals surface area contributed by atoms with Gasteiger partial charge >= 0.3 is 0 Å². The van der Waals surface area contributed by atoms with Gasteiger partial charge in [-0.1, -0.05) is 31.2 Å². The molecule has 2 aromatic carbocycles. The number of nitrogens with one attached hydrogen (secondary N) is 1. The van der Waals surface area contributed by atoms with E-state index in [1.807, 2.05) is 57.2 Å². The smallest absolute Gasteiger partial charge is 0.241 e. The number of aryl methyl sites for hydroxylation is 1. The Morgan fingerprint density at radius 1 is 1.07 bits per heavy atom. The molecule has 1 amide bonds. The van der Waals surface area contributed by atoms with Crippen LogP contribution in [0.4, 0.5) is 5.69 Å². The van der Waals surface area contributed by atoms with E-state index < -0.39 is 10.0 Å². The number of anilines is 1. The Hall–Kier alpha value is -2.54. The molecule has 28 heavy (non-hydrogen) atoms. The van der Waals surface area contributed by atoms with Crippen molar-refractivity contribution in [1.82, 2.24) is 5.32 Å². The van der Waals surface area contributed by atoms with Gasteiger partial charge in [0, 0.05) is 0 Å². The van der Waals surface area contributed by atoms with Crippen LogP contribution >= 0.6 is 0 Å². The minimum atomic E-state index is -3.59. The second-order valence-corrected chi connectivity index (χ2v) is 8.49. The Balaban J connectivity index is 2.08. The molecule has 0 aliphatic rings. The number of benzene rings is 2. The Kier molecular flexibility index (Phi) is 7.45. The Morgan fingerprint density at radius 2 is 1.68 bits per heavy atom. The minimum absolute atomic E-state index is 0.257. The van der Waals surface area contributed by atoms with E-state index in [9.17, 15) is 13.2 Å². The molecule has 0 fully saturated rings. The molecular formula is C21H28N2O4S. The maximum Gasteiger partial charge on any atom is 0.241 e. The SMILES string of the molecule is CCOc1ccc([C@@H](C)NC(=O)CN(c2ccc(CC)cc2)S(C)(=O)=O)cc1. The summed E-state index contributed by atoms with van der Waals surface area (Å²) in [4.78, 5) is 12.5. The van der Waals surface area contributed by atoms with E-state index in [4.69, 9.17) is 4.74 Å². The molecule has 2 rings (SSSR count). The molecule has 0 spiro atoms. The first-order valence-corrected chi connectivity index (χ1v) is 11.2. The highest BCUT2D eigenvalue weighted by molar-refractivity contribution is 7.92. The number of sulfonamides is 1. The summed E-state index contributed by atoms with van der Waals surface area (Å²) >= 11 is 0. The maximum atomic E-state index is 12.5. The number of amides is 1. The van der Waals surface area contributed by atoms with E-state index >= 15 is 0 Å². The molecule has 0 bridgehead atoms. The average molecular weight is 405 g/mol. The second kappa shape index (κ2) is 9.59. The van der Waals surface area contributed by atoms with E-state index in [1.54, 1.807) is 12.1 Å². The molecule has 0 saturated carbocycles. The standard InChI is InChI=1S/C21H28N2O4S/c1-5-17-7-11-19(12-8-17)23(28(4,25)26)15-21(24)22-16(3)18-9-13-20(14-10-18)27-6-2/h7-14,16H,5-6,15H2,1-4H3,(H,22,24)/t16-/m1/s1. The fourth-order valence-corrected chi connectivity index (χ4v) is 3.67. The molecule has 0 unspecified atom stereocenters. The second-order valence-electron chi connectivity index (χ2n) is 6.58. The maximum absolute atomic E-state index is 12.5. The number of nitrogens with zero attached hydrogens (tertiary/aromatic N) is 1. The van der Waals surface area contributed by atoms with Gasteiger partial charge in [-0.05, 0) is 55.7 Å². The van der Waals surface area contributed by atoms with Gasteiger partial charge in [0.2, 0.25) is 15.9 Å². The van der Waals surface area contributed by atoms with Gasteiger partial charge in [0.1, 0.15) is 12.3 Å². The van der Waals surface area contributed by atoms with Crippen molar-refractivity contribution in [2.75, 3.05) is 23.7 Å². The predicted octanol–water partition coefficient (Wildman–Crippen LogP) is 3.29. The van der Waals surface area contributed by atoms with E-state index in [0.717, 1.165) is 33.9 Å². The lowest BCUT2D eigenvalue weighted by Gasteiger charge is -2.23. The zero-order valence-corrected chi connectivity index (χ0v) is 17.6. The third-order valence-corrected chi connectivity index (χ3v) is 5.53. The molecule has 0 aliphatic heterocycles. The molecule has 0 saturated heterocycles. The Morgan fingerprint density at radius 3 is 2.18 bits per heavy atom. The summed E-state index contributed by atoms with van der Waals surface area (Å²) in [5.74, 6) is 0.398. The quantitative estimate of drug-likeness (QED) is 0.696. The van der Waals surface area contributed by atoms with Crippen molar-refractivity contribution in [2.45, 2.75) is 33.2 Å². The molecule has 0 aliphatic carbocycles. The highest BCUT2D eigenvalue weighted by atomic mass is 32.2. The highest BCUT2D eigenvalue weighted by Gasteiger charge is 2.22. The fraction of sp³-hybridized carbons (Fsp3) is 0.381. The molecule has 0 heterocycles. The zero-order valence-electron chi connectivity index (χ0n) is 16.8. The summed E-state index contributed by atoms with van der Waals surface area (Å²) in [6, 6.07) is 14.4. The van der Waals surface area contributed by atoms with Crippen LogP contribution in [0.15, 0.2) is 48.5 Å². The van der Waals surface area contributed by atoms with Crippen LogP contribution in [0, 0.1) is 0 Å². The number of rotatable bonds is 9. The lowest BCUT2D eigenvalue weighted by atomic mass is 10.1. The average Bonchev–Trinajstić information content (AvgIpc) is 2.66. The predicted molar refractivity (Wildman–Crippen MR) is 112 cm³/mol. The van der Waals surface area contributed by atoms with Gasteiger partial charge in [-0.3, -0.25) is 9.10 Å². The van der Waals surface area contributed by atoms with E-state index in [-0.39, 0.29) is 18.5 Å². The van der Waals surface area contributed by atoms with Crippen LogP contribution in [-0.4, -0.2) is 33.7 Å². The van der Waals surface area contributed by atoms with Crippen LogP contribution < -0.4 is 14.4 Å². The molecule has 1 N–H and O–H groups in total. The highest BCUT2D eigenvalue weighted by Crippen LogP contribution is 2.20. The summed E-state index contributed by atoms with van der Waals surface area (Å²) in [6.07, 6.45) is 1.96. The molecule has 1 atom stereocenters. The first-order chi connectivity index (χ1) is 13.2. The van der Waals surface area contributed by atoms with Crippen molar-refractivity contribution in [2.24, 2.45) is 0 Å². The van der Waals surface area contributed by atoms with Gasteiger partial charge in [-0.25, -0.2) is 8.42 Å². The van der Waals surface area contributed by atoms with Gasteiger partial charge in [0.05, 0.1) is 24.6 Å². The third-order valence-electron chi connectivity index (χ3n) is 4.39. The molecule has 152 valence electrons. The fourth-order valence-electron chi connectivity index (χ4n) is 2.82. The molecule has 2 aromatic rings. The zero-order chi connectivity index (χ0) is 20.7. The first kappa shape index (κ1) is 21.8. The normalized spacial score (nSPS) is 12.3. The number of carbonyl (C=O) groups excluding carboxylic acids is 1. The molecule has 7 heteroatoms. The van der Waals surface area contributed by atoms with Gasteiger partial charge in [0.15, 0.2) is 0 Å². The van der Waals surface area contributed by atoms with E-state index in [1.165, 1.54) is 0 Å². The van der Waals surface area contributed by atoms with Crippen LogP contribution in [-0.2, 0) is 21.2 Å². The number of carbonyl (C=O) groups is 1. The largest absolute Gasteiger partial charge is 0.494 e. The first-order valence-electron chi connectivity index (χ1n) is 9.33. The number of hydrogen-bond acceptors (Lipinski definition) is 4. The van der Waals surface area contributed by atoms with Crippen LogP contribution in [0.25, 0.3) is 0 Å². The molecule has 0 radical (unpaired) electrons. The lowest BCUT2D eigenvalue weighted by molar-refractivity contribution is -0.120. The van der Waals surface area contributed by atoms with Crippen molar-refractivity contribution < 1.29 is 17.9 Å². The lowest BCUT2D eigenvalue weighted by Crippen LogP contribution is -2.41. The third kappa shape index (κ3) is 5.99. The monoisotopic (exact) mass is 404 g/mol. The van der Waals surface area contributed by atoms with Gasteiger partial charge in [0.25, 0.3) is 0 Å². The Bertz CT molecular complexity index is 878. The summed E-state index contributed by atoms with van der Waals surface area (Å²) in [5.41, 5.74) is 2.49. The van der Waals surface area contributed by atoms with Gasteiger partial charge in [-0.2, -0.15) is 0 Å². The van der Waals surface area contributed by atoms with Gasteiger partial charge in [-0.15, -0.1) is 0 Å². The van der Waals surface area contributed by atoms with Crippen LogP contribution in [0.3, 0.4) is 0 Å². The molecule has 0 aromatic heterocycles. The summed E-state index contributed by atoms with van der Waals surface area (Å²) < 4.78 is 31.0. The number of ether oxygens (including phenoxy) is 1. The van der Waals surface area contributed by atoms with Crippen molar-refractivity contribution in [3.63, 3.8) is 0 Å². The van der Waals surface area contributed by atoms with E-state index in [2.05, 4.69) is 5.32 Å². The van der Waals surface area contributed by atoms with E-state index in [0.29, 0.717) is 12.3 Å². The summed E-state index contributed by atoms with van der Waals surface area (Å²) in [6.45, 7) is 6.12. The summed E-state index contributed by atoms with van der Waals surface area (Å²) in [5, 5.41) is 2.86. The molecule has 6 nitrogen and oxygen atoms in total. The van der Waals surface area contributed by atoms with Gasteiger partial charge < -0.3 is 10.1 Å². The van der Waals surface area contributed by atoms with Crippen LogP contribution in [0.1, 0.15) is 37.9 Å². The van der Waals surface area contributed by atoms with Crippen molar-refractivity contribution in [3.05, 3.63) is 59.7 Å². The minimum Gasteiger partial charge on any atom is -0.494 e. The van der Waals surface area contributed by atoms with Crippen LogP contribution in [0.2, 0.25) is 0 Å². The van der Waals surface area contributed by atoms with Crippen molar-refractivity contribution >= 4 is 21.6 Å². The topological polar surface area (TPSA) is 75.7 Å². The van der Waals surface area contributed by atoms with Crippen molar-refractivity contribution in [1.29, 1.82) is 0 Å². The van der Waals surface area contributed by atoms with Crippen molar-refractivity contribution in [3.8, 4) is 5.75 Å². The van der Waals surface area contributed by atoms with Crippen LogP contribution in [0.5, 0.6) is 5.75 Å². The summed E-state index contributed by atoms with van der Waals surface area (Å²) in [7, 11) is -3.59. The molecular weight excluding hydrogens is 376 g/mol. The number of hydrogen-bond donors (Lipinski definition) is 1. The Labute approximate surface area is 167 Å².